The maximum absolute atomic E-state index is 13.5. The van der Waals surface area contributed by atoms with Gasteiger partial charge < -0.3 is 4.90 Å². The van der Waals surface area contributed by atoms with E-state index in [-0.39, 0.29) is 28.6 Å². The minimum Gasteiger partial charge on any atom is -0.346 e. The van der Waals surface area contributed by atoms with E-state index in [4.69, 9.17) is 0 Å². The quantitative estimate of drug-likeness (QED) is 0.176. The molecule has 0 fully saturated rings. The largest absolute Gasteiger partial charge is 0.416 e. The minimum atomic E-state index is -5.05. The first-order chi connectivity index (χ1) is 17.9. The van der Waals surface area contributed by atoms with Crippen LogP contribution >= 0.6 is 0 Å². The molecule has 1 N–H and O–H groups in total. The van der Waals surface area contributed by atoms with Crippen LogP contribution in [0.25, 0.3) is 0 Å². The molecule has 0 spiro atoms. The second-order valence-electron chi connectivity index (χ2n) is 9.08. The Hall–Kier alpha value is -3.25. The van der Waals surface area contributed by atoms with Gasteiger partial charge in [-0.2, -0.15) is 44.6 Å². The van der Waals surface area contributed by atoms with Gasteiger partial charge in [-0.15, -0.1) is 0 Å². The third-order valence-electron chi connectivity index (χ3n) is 6.11. The van der Waals surface area contributed by atoms with E-state index in [1.165, 1.54) is 31.9 Å². The van der Waals surface area contributed by atoms with Gasteiger partial charge in [-0.3, -0.25) is 0 Å². The van der Waals surface area contributed by atoms with Crippen LogP contribution in [0.1, 0.15) is 71.2 Å². The Morgan fingerprint density at radius 3 is 1.90 bits per heavy atom. The number of halogens is 9. The van der Waals surface area contributed by atoms with Crippen LogP contribution in [0.3, 0.4) is 0 Å². The summed E-state index contributed by atoms with van der Waals surface area (Å²) in [5.74, 6) is -0.00961. The zero-order valence-corrected chi connectivity index (χ0v) is 21.7. The van der Waals surface area contributed by atoms with E-state index >= 15 is 0 Å². The highest BCUT2D eigenvalue weighted by molar-refractivity contribution is 5.41. The van der Waals surface area contributed by atoms with Crippen molar-refractivity contribution in [3.05, 3.63) is 81.7 Å². The van der Waals surface area contributed by atoms with Crippen molar-refractivity contribution in [3.8, 4) is 0 Å². The normalized spacial score (nSPS) is 13.6. The van der Waals surface area contributed by atoms with Crippen molar-refractivity contribution in [2.24, 2.45) is 10.3 Å². The standard InChI is InChI=1S/C26H29F9N4/c1-6-7-8-23(21-9-16(3)22(10-15(21)2)26(33,34)35)39(17(4)37-38-36-5)14-18-11-19(24(27,28)29)13-20(12-18)25(30,31)32/h9-13,23H,4,6-8,14H2,1-3,5H3,(H,36,37)/t23-/m0/s1. The molecule has 0 radical (unpaired) electrons. The van der Waals surface area contributed by atoms with Crippen LogP contribution in [0, 0.1) is 13.8 Å². The lowest BCUT2D eigenvalue weighted by Gasteiger charge is -2.36. The lowest BCUT2D eigenvalue weighted by Crippen LogP contribution is -2.33. The molecule has 2 aromatic carbocycles. The smallest absolute Gasteiger partial charge is 0.346 e. The van der Waals surface area contributed by atoms with Gasteiger partial charge in [-0.05, 0) is 66.8 Å². The SMILES string of the molecule is C=C(NN=NC)N(Cc1cc(C(F)(F)F)cc(C(F)(F)F)c1)[C@@H](CCCC)c1cc(C)c(C(F)(F)F)cc1C. The van der Waals surface area contributed by atoms with Gasteiger partial charge in [0, 0.05) is 6.54 Å². The van der Waals surface area contributed by atoms with E-state index in [1.54, 1.807) is 0 Å². The Morgan fingerprint density at radius 2 is 1.44 bits per heavy atom. The van der Waals surface area contributed by atoms with E-state index in [9.17, 15) is 39.5 Å². The maximum atomic E-state index is 13.5. The summed E-state index contributed by atoms with van der Waals surface area (Å²) in [6.07, 6.45) is -13.2. The lowest BCUT2D eigenvalue weighted by atomic mass is 9.91. The van der Waals surface area contributed by atoms with Crippen molar-refractivity contribution in [2.45, 2.75) is 71.1 Å². The fourth-order valence-corrected chi connectivity index (χ4v) is 4.25. The van der Waals surface area contributed by atoms with Crippen molar-refractivity contribution in [1.29, 1.82) is 0 Å². The zero-order valence-electron chi connectivity index (χ0n) is 21.7. The molecule has 39 heavy (non-hydrogen) atoms. The average Bonchev–Trinajstić information content (AvgIpc) is 2.81. The first-order valence-corrected chi connectivity index (χ1v) is 11.9. The van der Waals surface area contributed by atoms with Crippen molar-refractivity contribution in [2.75, 3.05) is 7.05 Å². The fraction of sp³-hybridized carbons (Fsp3) is 0.462. The minimum absolute atomic E-state index is 0.00961. The maximum Gasteiger partial charge on any atom is 0.416 e. The molecule has 2 rings (SSSR count). The van der Waals surface area contributed by atoms with Crippen LogP contribution in [-0.2, 0) is 25.1 Å². The van der Waals surface area contributed by atoms with Gasteiger partial charge in [0.15, 0.2) is 0 Å². The molecule has 0 unspecified atom stereocenters. The van der Waals surface area contributed by atoms with Crippen LogP contribution in [0.5, 0.6) is 0 Å². The summed E-state index contributed by atoms with van der Waals surface area (Å²) >= 11 is 0. The number of alkyl halides is 9. The Bertz CT molecular complexity index is 1150. The Balaban J connectivity index is 2.74. The molecule has 0 bridgehead atoms. The second kappa shape index (κ2) is 12.3. The molecule has 216 valence electrons. The Morgan fingerprint density at radius 1 is 0.872 bits per heavy atom. The highest BCUT2D eigenvalue weighted by atomic mass is 19.4. The predicted molar refractivity (Wildman–Crippen MR) is 128 cm³/mol. The Kier molecular flexibility index (Phi) is 10.1. The number of hydrogen-bond donors (Lipinski definition) is 1. The van der Waals surface area contributed by atoms with Crippen molar-refractivity contribution in [3.63, 3.8) is 0 Å². The first kappa shape index (κ1) is 32.0. The highest BCUT2D eigenvalue weighted by Crippen LogP contribution is 2.40. The van der Waals surface area contributed by atoms with Gasteiger partial charge >= 0.3 is 18.5 Å². The molecule has 2 aromatic rings. The zero-order chi connectivity index (χ0) is 29.8. The van der Waals surface area contributed by atoms with E-state index in [0.717, 1.165) is 6.07 Å². The summed E-state index contributed by atoms with van der Waals surface area (Å²) in [5.41, 5.74) is -1.02. The first-order valence-electron chi connectivity index (χ1n) is 11.9. The van der Waals surface area contributed by atoms with Crippen molar-refractivity contribution in [1.82, 2.24) is 10.3 Å². The second-order valence-corrected chi connectivity index (χ2v) is 9.08. The van der Waals surface area contributed by atoms with Gasteiger partial charge in [0.1, 0.15) is 5.82 Å². The fourth-order valence-electron chi connectivity index (χ4n) is 4.25. The van der Waals surface area contributed by atoms with Gasteiger partial charge in [0.25, 0.3) is 0 Å². The molecule has 0 aliphatic carbocycles. The molecule has 13 heteroatoms. The van der Waals surface area contributed by atoms with E-state index in [0.29, 0.717) is 37.0 Å². The van der Waals surface area contributed by atoms with Gasteiger partial charge in [-0.1, -0.05) is 37.6 Å². The molecular weight excluding hydrogens is 539 g/mol. The molecular formula is C26H29F9N4. The number of nitrogens with one attached hydrogen (secondary N) is 1. The van der Waals surface area contributed by atoms with Crippen LogP contribution in [0.2, 0.25) is 0 Å². The van der Waals surface area contributed by atoms with E-state index in [1.807, 2.05) is 6.92 Å². The van der Waals surface area contributed by atoms with E-state index < -0.39 is 47.8 Å². The number of benzene rings is 2. The van der Waals surface area contributed by atoms with Crippen molar-refractivity contribution >= 4 is 0 Å². The third kappa shape index (κ3) is 8.37. The average molecular weight is 569 g/mol. The third-order valence-corrected chi connectivity index (χ3v) is 6.11. The molecule has 0 aliphatic rings. The molecule has 0 aliphatic heterocycles. The number of hydrogen-bond acceptors (Lipinski definition) is 3. The van der Waals surface area contributed by atoms with Crippen LogP contribution in [-0.4, -0.2) is 11.9 Å². The molecule has 0 saturated heterocycles. The van der Waals surface area contributed by atoms with Gasteiger partial charge in [0.05, 0.1) is 29.8 Å². The van der Waals surface area contributed by atoms with Crippen molar-refractivity contribution < 1.29 is 39.5 Å². The predicted octanol–water partition coefficient (Wildman–Crippen LogP) is 9.15. The molecule has 4 nitrogen and oxygen atoms in total. The highest BCUT2D eigenvalue weighted by Gasteiger charge is 2.38. The Labute approximate surface area is 220 Å². The summed E-state index contributed by atoms with van der Waals surface area (Å²) in [6, 6.07) is 2.81. The monoisotopic (exact) mass is 568 g/mol. The van der Waals surface area contributed by atoms with Gasteiger partial charge in [-0.25, -0.2) is 5.43 Å². The number of nitrogens with zero attached hydrogens (tertiary/aromatic N) is 3. The molecule has 0 aromatic heterocycles. The van der Waals surface area contributed by atoms with Crippen LogP contribution < -0.4 is 5.43 Å². The summed E-state index contributed by atoms with van der Waals surface area (Å²) in [5, 5.41) is 7.14. The summed E-state index contributed by atoms with van der Waals surface area (Å²) < 4.78 is 121. The summed E-state index contributed by atoms with van der Waals surface area (Å²) in [7, 11) is 1.32. The lowest BCUT2D eigenvalue weighted by molar-refractivity contribution is -0.143. The summed E-state index contributed by atoms with van der Waals surface area (Å²) in [4.78, 5) is 1.40. The van der Waals surface area contributed by atoms with Gasteiger partial charge in [0.2, 0.25) is 0 Å². The topological polar surface area (TPSA) is 40.0 Å². The molecule has 1 atom stereocenters. The van der Waals surface area contributed by atoms with E-state index in [2.05, 4.69) is 22.3 Å². The number of rotatable bonds is 10. The number of aryl methyl sites for hydroxylation is 2. The summed E-state index contributed by atoms with van der Waals surface area (Å²) in [6.45, 7) is 7.97. The van der Waals surface area contributed by atoms with Crippen LogP contribution in [0.15, 0.2) is 53.1 Å². The molecule has 0 saturated carbocycles. The van der Waals surface area contributed by atoms with Crippen LogP contribution in [0.4, 0.5) is 39.5 Å². The number of unbranched alkanes of at least 4 members (excludes halogenated alkanes) is 1. The molecule has 0 amide bonds. The molecule has 0 heterocycles.